The van der Waals surface area contributed by atoms with E-state index in [4.69, 9.17) is 4.43 Å². The van der Waals surface area contributed by atoms with Gasteiger partial charge in [-0.3, -0.25) is 4.79 Å². The van der Waals surface area contributed by atoms with E-state index in [1.807, 2.05) is 23.6 Å². The van der Waals surface area contributed by atoms with Crippen molar-refractivity contribution in [2.24, 2.45) is 5.41 Å². The fraction of sp³-hybridized carbons (Fsp3) is 0.227. The third-order valence-electron chi connectivity index (χ3n) is 4.36. The van der Waals surface area contributed by atoms with E-state index in [1.165, 1.54) is 10.4 Å². The average Bonchev–Trinajstić information content (AvgIpc) is 3.11. The van der Waals surface area contributed by atoms with E-state index in [0.717, 1.165) is 16.7 Å². The highest BCUT2D eigenvalue weighted by Crippen LogP contribution is 2.40. The van der Waals surface area contributed by atoms with Gasteiger partial charge < -0.3 is 4.43 Å². The molecular weight excluding hydrogens is 356 g/mol. The molecule has 0 fully saturated rings. The fourth-order valence-corrected chi connectivity index (χ4v) is 6.95. The lowest BCUT2D eigenvalue weighted by atomic mass is 9.87. The van der Waals surface area contributed by atoms with Gasteiger partial charge in [0.05, 0.1) is 6.10 Å². The summed E-state index contributed by atoms with van der Waals surface area (Å²) in [6.45, 7) is 6.52. The van der Waals surface area contributed by atoms with Crippen molar-refractivity contribution in [3.8, 4) is 0 Å². The Bertz CT molecular complexity index is 798. The minimum absolute atomic E-state index is 0.114. The number of rotatable bonds is 6. The lowest BCUT2D eigenvalue weighted by Gasteiger charge is -2.34. The molecule has 2 aromatic carbocycles. The molecule has 3 aromatic rings. The molecule has 0 aliphatic carbocycles. The quantitative estimate of drug-likeness (QED) is 0.473. The minimum Gasteiger partial charge on any atom is -0.403 e. The van der Waals surface area contributed by atoms with Gasteiger partial charge in [0, 0.05) is 10.4 Å². The van der Waals surface area contributed by atoms with Crippen molar-refractivity contribution in [2.75, 3.05) is 0 Å². The Balaban J connectivity index is 2.04. The van der Waals surface area contributed by atoms with Crippen LogP contribution < -0.4 is 10.4 Å². The maximum absolute atomic E-state index is 11.5. The van der Waals surface area contributed by atoms with Gasteiger partial charge in [0.1, 0.15) is 0 Å². The van der Waals surface area contributed by atoms with Crippen LogP contribution in [0, 0.1) is 5.41 Å². The second-order valence-corrected chi connectivity index (χ2v) is 10.8. The Morgan fingerprint density at radius 2 is 1.46 bits per heavy atom. The standard InChI is InChI=1S/C22H24O2SSi/c1-22(2,3)21(20-17(16-23)14-15-25-20)24-26(18-10-6-4-7-11-18)19-12-8-5-9-13-19/h4-16,21,26H,1-3H3. The number of carbonyl (C=O) groups excluding carboxylic acids is 1. The van der Waals surface area contributed by atoms with Gasteiger partial charge in [0.15, 0.2) is 6.29 Å². The minimum atomic E-state index is -1.89. The number of hydrogen-bond acceptors (Lipinski definition) is 3. The molecule has 0 radical (unpaired) electrons. The molecule has 0 saturated heterocycles. The molecule has 134 valence electrons. The van der Waals surface area contributed by atoms with Gasteiger partial charge in [0.25, 0.3) is 0 Å². The van der Waals surface area contributed by atoms with Crippen molar-refractivity contribution in [3.63, 3.8) is 0 Å². The number of aldehydes is 1. The van der Waals surface area contributed by atoms with Crippen molar-refractivity contribution in [1.29, 1.82) is 0 Å². The van der Waals surface area contributed by atoms with Crippen LogP contribution in [0.2, 0.25) is 0 Å². The maximum atomic E-state index is 11.5. The molecule has 1 aromatic heterocycles. The summed E-state index contributed by atoms with van der Waals surface area (Å²) in [5.74, 6) is 0. The Labute approximate surface area is 161 Å². The Kier molecular flexibility index (Phi) is 5.86. The smallest absolute Gasteiger partial charge is 0.240 e. The van der Waals surface area contributed by atoms with E-state index in [2.05, 4.69) is 69.3 Å². The van der Waals surface area contributed by atoms with Crippen LogP contribution in [0.3, 0.4) is 0 Å². The molecule has 0 spiro atoms. The summed E-state index contributed by atoms with van der Waals surface area (Å²) < 4.78 is 6.86. The number of hydrogen-bond donors (Lipinski definition) is 0. The maximum Gasteiger partial charge on any atom is 0.240 e. The van der Waals surface area contributed by atoms with E-state index in [9.17, 15) is 4.79 Å². The summed E-state index contributed by atoms with van der Waals surface area (Å²) >= 11 is 1.61. The normalized spacial score (nSPS) is 12.9. The first kappa shape index (κ1) is 18.8. The van der Waals surface area contributed by atoms with Gasteiger partial charge in [-0.15, -0.1) is 11.3 Å². The molecule has 1 atom stereocenters. The molecule has 4 heteroatoms. The first-order chi connectivity index (χ1) is 12.5. The molecule has 26 heavy (non-hydrogen) atoms. The highest BCUT2D eigenvalue weighted by atomic mass is 32.1. The number of thiophene rings is 1. The third kappa shape index (κ3) is 4.21. The van der Waals surface area contributed by atoms with Crippen molar-refractivity contribution in [1.82, 2.24) is 0 Å². The summed E-state index contributed by atoms with van der Waals surface area (Å²) in [4.78, 5) is 12.5. The number of benzene rings is 2. The Morgan fingerprint density at radius 1 is 0.923 bits per heavy atom. The van der Waals surface area contributed by atoms with E-state index < -0.39 is 9.04 Å². The third-order valence-corrected chi connectivity index (χ3v) is 7.86. The summed E-state index contributed by atoms with van der Waals surface area (Å²) in [5.41, 5.74) is 0.626. The van der Waals surface area contributed by atoms with E-state index in [-0.39, 0.29) is 11.5 Å². The highest BCUT2D eigenvalue weighted by Gasteiger charge is 2.33. The first-order valence-corrected chi connectivity index (χ1v) is 11.3. The van der Waals surface area contributed by atoms with Gasteiger partial charge in [-0.05, 0) is 27.2 Å². The average molecular weight is 381 g/mol. The van der Waals surface area contributed by atoms with Crippen LogP contribution in [0.4, 0.5) is 0 Å². The second kappa shape index (κ2) is 8.12. The summed E-state index contributed by atoms with van der Waals surface area (Å²) in [7, 11) is -1.89. The van der Waals surface area contributed by atoms with Crippen LogP contribution in [0.15, 0.2) is 72.1 Å². The van der Waals surface area contributed by atoms with Crippen LogP contribution in [0.5, 0.6) is 0 Å². The van der Waals surface area contributed by atoms with Crippen molar-refractivity contribution in [3.05, 3.63) is 82.6 Å². The molecule has 1 unspecified atom stereocenters. The van der Waals surface area contributed by atoms with Crippen LogP contribution in [-0.4, -0.2) is 15.3 Å². The lowest BCUT2D eigenvalue weighted by molar-refractivity contribution is 0.0910. The predicted octanol–water partition coefficient (Wildman–Crippen LogP) is 4.20. The molecule has 3 rings (SSSR count). The highest BCUT2D eigenvalue weighted by molar-refractivity contribution is 7.10. The SMILES string of the molecule is CC(C)(C)C(O[SiH](c1ccccc1)c1ccccc1)c1sccc1C=O. The van der Waals surface area contributed by atoms with E-state index in [0.29, 0.717) is 0 Å². The zero-order valence-electron chi connectivity index (χ0n) is 15.4. The van der Waals surface area contributed by atoms with Crippen molar-refractivity contribution in [2.45, 2.75) is 26.9 Å². The predicted molar refractivity (Wildman–Crippen MR) is 112 cm³/mol. The Hall–Kier alpha value is -2.01. The van der Waals surface area contributed by atoms with Crippen LogP contribution in [0.25, 0.3) is 0 Å². The van der Waals surface area contributed by atoms with Gasteiger partial charge in [-0.1, -0.05) is 81.4 Å². The van der Waals surface area contributed by atoms with Gasteiger partial charge in [-0.25, -0.2) is 0 Å². The summed E-state index contributed by atoms with van der Waals surface area (Å²) in [6, 6.07) is 22.8. The molecular formula is C22H24O2SSi. The van der Waals surface area contributed by atoms with Crippen molar-refractivity contribution >= 4 is 37.0 Å². The zero-order valence-corrected chi connectivity index (χ0v) is 17.4. The van der Waals surface area contributed by atoms with Crippen molar-refractivity contribution < 1.29 is 9.22 Å². The van der Waals surface area contributed by atoms with Gasteiger partial charge in [0.2, 0.25) is 9.04 Å². The van der Waals surface area contributed by atoms with E-state index >= 15 is 0 Å². The molecule has 0 bridgehead atoms. The molecule has 2 nitrogen and oxygen atoms in total. The van der Waals surface area contributed by atoms with E-state index in [1.54, 1.807) is 11.3 Å². The van der Waals surface area contributed by atoms with Gasteiger partial charge >= 0.3 is 0 Å². The van der Waals surface area contributed by atoms with Crippen LogP contribution >= 0.6 is 11.3 Å². The number of carbonyl (C=O) groups is 1. The fourth-order valence-electron chi connectivity index (χ4n) is 3.04. The zero-order chi connectivity index (χ0) is 18.6. The Morgan fingerprint density at radius 3 is 1.92 bits per heavy atom. The van der Waals surface area contributed by atoms with Crippen LogP contribution in [0.1, 0.15) is 42.1 Å². The van der Waals surface area contributed by atoms with Gasteiger partial charge in [-0.2, -0.15) is 0 Å². The second-order valence-electron chi connectivity index (χ2n) is 7.44. The molecule has 0 aliphatic rings. The molecule has 0 aliphatic heterocycles. The summed E-state index contributed by atoms with van der Waals surface area (Å²) in [6.07, 6.45) is 0.815. The molecule has 0 N–H and O–H groups in total. The summed E-state index contributed by atoms with van der Waals surface area (Å²) in [5, 5.41) is 4.47. The molecule has 0 saturated carbocycles. The van der Waals surface area contributed by atoms with Crippen LogP contribution in [-0.2, 0) is 4.43 Å². The largest absolute Gasteiger partial charge is 0.403 e. The topological polar surface area (TPSA) is 26.3 Å². The molecule has 1 heterocycles. The first-order valence-electron chi connectivity index (χ1n) is 8.78. The lowest BCUT2D eigenvalue weighted by Crippen LogP contribution is -2.47. The monoisotopic (exact) mass is 380 g/mol. The molecule has 0 amide bonds.